The summed E-state index contributed by atoms with van der Waals surface area (Å²) in [6.45, 7) is 4.09. The molecule has 0 N–H and O–H groups in total. The van der Waals surface area contributed by atoms with Gasteiger partial charge < -0.3 is 4.74 Å². The van der Waals surface area contributed by atoms with Crippen LogP contribution in [0.15, 0.2) is 0 Å². The molecule has 42 heavy (non-hydrogen) atoms. The summed E-state index contributed by atoms with van der Waals surface area (Å²) in [6.07, 6.45) is 10.2. The fourth-order valence-electron chi connectivity index (χ4n) is 5.67. The molecule has 234 valence electrons. The van der Waals surface area contributed by atoms with Gasteiger partial charge >= 0.3 is 5.97 Å². The minimum Gasteiger partial charge on any atom is -0.420 e. The minimum absolute atomic E-state index is 0.197. The lowest BCUT2D eigenvalue weighted by atomic mass is 9.80. The highest BCUT2D eigenvalue weighted by atomic mass is 19.2. The summed E-state index contributed by atoms with van der Waals surface area (Å²) in [7, 11) is 0. The van der Waals surface area contributed by atoms with Crippen LogP contribution in [0.3, 0.4) is 0 Å². The number of benzene rings is 2. The fraction of sp³-hybridized carbons (Fsp3) is 0.594. The van der Waals surface area contributed by atoms with E-state index >= 15 is 8.78 Å². The molecule has 0 atom stereocenters. The molecule has 0 radical (unpaired) electrons. The Bertz CT molecular complexity index is 1180. The molecule has 0 saturated heterocycles. The quantitative estimate of drug-likeness (QED) is 0.0703. The average molecular weight is 607 g/mol. The molecule has 0 bridgehead atoms. The molecule has 1 saturated carbocycles. The van der Waals surface area contributed by atoms with Gasteiger partial charge in [-0.2, -0.15) is 8.78 Å². The zero-order valence-electron chi connectivity index (χ0n) is 24.1. The molecule has 0 amide bonds. The molecular weight excluding hydrogens is 568 g/mol. The maximum Gasteiger partial charge on any atom is 0.314 e. The third-order valence-corrected chi connectivity index (χ3v) is 8.21. The van der Waals surface area contributed by atoms with E-state index in [9.17, 15) is 31.1 Å². The third-order valence-electron chi connectivity index (χ3n) is 8.21. The van der Waals surface area contributed by atoms with Crippen LogP contribution in [0.25, 0.3) is 11.1 Å². The molecule has 0 aliphatic heterocycles. The molecular formula is C32H38F8O2. The lowest BCUT2D eigenvalue weighted by molar-refractivity contribution is -0.140. The summed E-state index contributed by atoms with van der Waals surface area (Å²) in [5.74, 6) is -20.6. The zero-order valence-corrected chi connectivity index (χ0v) is 24.1. The fourth-order valence-corrected chi connectivity index (χ4v) is 5.67. The van der Waals surface area contributed by atoms with Gasteiger partial charge in [0.05, 0.1) is 17.0 Å². The molecule has 10 heteroatoms. The number of ether oxygens (including phenoxy) is 1. The Morgan fingerprint density at radius 3 is 1.57 bits per heavy atom. The first kappa shape index (κ1) is 33.8. The van der Waals surface area contributed by atoms with Gasteiger partial charge in [0.2, 0.25) is 17.4 Å². The number of halogens is 8. The van der Waals surface area contributed by atoms with Crippen molar-refractivity contribution >= 4 is 5.97 Å². The van der Waals surface area contributed by atoms with E-state index in [2.05, 4.69) is 6.92 Å². The van der Waals surface area contributed by atoms with Crippen LogP contribution in [0.5, 0.6) is 5.75 Å². The van der Waals surface area contributed by atoms with Gasteiger partial charge in [0.25, 0.3) is 0 Å². The molecule has 0 unspecified atom stereocenters. The number of hydrogen-bond acceptors (Lipinski definition) is 2. The Labute approximate surface area is 241 Å². The van der Waals surface area contributed by atoms with Gasteiger partial charge in [0, 0.05) is 5.56 Å². The largest absolute Gasteiger partial charge is 0.420 e. The molecule has 1 fully saturated rings. The number of carbonyl (C=O) groups is 1. The lowest BCUT2D eigenvalue weighted by Gasteiger charge is -2.27. The van der Waals surface area contributed by atoms with Crippen molar-refractivity contribution in [2.24, 2.45) is 11.8 Å². The van der Waals surface area contributed by atoms with Gasteiger partial charge in [-0.3, -0.25) is 4.79 Å². The topological polar surface area (TPSA) is 26.3 Å². The van der Waals surface area contributed by atoms with Crippen molar-refractivity contribution < 1.29 is 44.7 Å². The van der Waals surface area contributed by atoms with Crippen molar-refractivity contribution in [3.8, 4) is 16.9 Å². The van der Waals surface area contributed by atoms with E-state index < -0.39 is 80.9 Å². The molecule has 0 heterocycles. The smallest absolute Gasteiger partial charge is 0.314 e. The Balaban J connectivity index is 1.83. The van der Waals surface area contributed by atoms with Crippen LogP contribution in [0, 0.1) is 58.4 Å². The van der Waals surface area contributed by atoms with Gasteiger partial charge in [-0.1, -0.05) is 71.6 Å². The van der Waals surface area contributed by atoms with E-state index in [1.165, 1.54) is 0 Å². The zero-order chi connectivity index (χ0) is 31.0. The first-order valence-corrected chi connectivity index (χ1v) is 15.0. The van der Waals surface area contributed by atoms with Crippen molar-refractivity contribution in [3.05, 3.63) is 52.1 Å². The second-order valence-corrected chi connectivity index (χ2v) is 11.2. The average Bonchev–Trinajstić information content (AvgIpc) is 2.98. The first-order chi connectivity index (χ1) is 20.0. The van der Waals surface area contributed by atoms with E-state index in [-0.39, 0.29) is 12.8 Å². The van der Waals surface area contributed by atoms with Crippen molar-refractivity contribution in [1.82, 2.24) is 0 Å². The molecule has 1 aliphatic rings. The third kappa shape index (κ3) is 7.64. The summed E-state index contributed by atoms with van der Waals surface area (Å²) in [4.78, 5) is 12.6. The van der Waals surface area contributed by atoms with Crippen LogP contribution >= 0.6 is 0 Å². The molecule has 2 aromatic carbocycles. The number of hydrogen-bond donors (Lipinski definition) is 0. The maximum absolute atomic E-state index is 15.0. The highest BCUT2D eigenvalue weighted by molar-refractivity contribution is 5.76. The standard InChI is InChI=1S/C32H38F8O2/c1-3-5-7-8-9-11-13-20-23(33)25(35)21(26(36)24(20)34)22-27(37)29(39)31(30(40)28(22)38)42-32(41)19-16-14-18(15-17-19)12-10-6-4-2/h18-19H,3-17H2,1-2H3. The van der Waals surface area contributed by atoms with Gasteiger partial charge in [-0.05, 0) is 44.4 Å². The Kier molecular flexibility index (Phi) is 12.7. The number of carbonyl (C=O) groups excluding carboxylic acids is 1. The van der Waals surface area contributed by atoms with Crippen LogP contribution in [0.2, 0.25) is 0 Å². The molecule has 3 rings (SSSR count). The van der Waals surface area contributed by atoms with Crippen LogP contribution in [-0.4, -0.2) is 5.97 Å². The van der Waals surface area contributed by atoms with Crippen molar-refractivity contribution in [3.63, 3.8) is 0 Å². The second-order valence-electron chi connectivity index (χ2n) is 11.2. The number of rotatable bonds is 14. The van der Waals surface area contributed by atoms with Crippen molar-refractivity contribution in [2.75, 3.05) is 0 Å². The summed E-state index contributed by atoms with van der Waals surface area (Å²) < 4.78 is 124. The van der Waals surface area contributed by atoms with Gasteiger partial charge in [-0.25, -0.2) is 26.3 Å². The summed E-state index contributed by atoms with van der Waals surface area (Å²) >= 11 is 0. The summed E-state index contributed by atoms with van der Waals surface area (Å²) in [6, 6.07) is 0. The van der Waals surface area contributed by atoms with E-state index in [1.807, 2.05) is 6.92 Å². The monoisotopic (exact) mass is 606 g/mol. The van der Waals surface area contributed by atoms with Crippen LogP contribution in [-0.2, 0) is 11.2 Å². The van der Waals surface area contributed by atoms with Crippen LogP contribution in [0.4, 0.5) is 35.1 Å². The van der Waals surface area contributed by atoms with Crippen LogP contribution < -0.4 is 4.74 Å². The Morgan fingerprint density at radius 1 is 0.595 bits per heavy atom. The molecule has 0 aromatic heterocycles. The minimum atomic E-state index is -2.35. The van der Waals surface area contributed by atoms with E-state index in [0.717, 1.165) is 51.4 Å². The van der Waals surface area contributed by atoms with Gasteiger partial charge in [-0.15, -0.1) is 0 Å². The highest BCUT2D eigenvalue weighted by Gasteiger charge is 2.36. The number of esters is 1. The molecule has 0 spiro atoms. The maximum atomic E-state index is 15.0. The molecule has 1 aliphatic carbocycles. The predicted octanol–water partition coefficient (Wildman–Crippen LogP) is 10.7. The SMILES string of the molecule is CCCCCCCCc1c(F)c(F)c(-c2c(F)c(F)c(OC(=O)C3CCC(CCCCC)CC3)c(F)c2F)c(F)c1F. The highest BCUT2D eigenvalue weighted by Crippen LogP contribution is 2.41. The van der Waals surface area contributed by atoms with Gasteiger partial charge in [0.15, 0.2) is 34.9 Å². The molecule has 2 nitrogen and oxygen atoms in total. The number of unbranched alkanes of at least 4 members (excludes halogenated alkanes) is 7. The molecule has 2 aromatic rings. The van der Waals surface area contributed by atoms with Crippen molar-refractivity contribution in [2.45, 2.75) is 110 Å². The van der Waals surface area contributed by atoms with E-state index in [0.29, 0.717) is 38.0 Å². The second kappa shape index (κ2) is 15.7. The predicted molar refractivity (Wildman–Crippen MR) is 144 cm³/mol. The lowest BCUT2D eigenvalue weighted by Crippen LogP contribution is -2.26. The summed E-state index contributed by atoms with van der Waals surface area (Å²) in [5, 5.41) is 0. The summed E-state index contributed by atoms with van der Waals surface area (Å²) in [5.41, 5.74) is -4.86. The Hall–Kier alpha value is -2.65. The normalized spacial score (nSPS) is 17.1. The Morgan fingerprint density at radius 2 is 1.05 bits per heavy atom. The van der Waals surface area contributed by atoms with E-state index in [4.69, 9.17) is 4.74 Å². The first-order valence-electron chi connectivity index (χ1n) is 15.0. The van der Waals surface area contributed by atoms with Crippen LogP contribution in [0.1, 0.15) is 109 Å². The van der Waals surface area contributed by atoms with E-state index in [1.54, 1.807) is 0 Å². The van der Waals surface area contributed by atoms with Crippen molar-refractivity contribution in [1.29, 1.82) is 0 Å². The van der Waals surface area contributed by atoms with Gasteiger partial charge in [0.1, 0.15) is 0 Å².